The number of alkyl halides is 2. The normalized spacial score (nSPS) is 17.4. The molecular weight excluding hydrogens is 440 g/mol. The Bertz CT molecular complexity index is 1110. The first-order valence-electron chi connectivity index (χ1n) is 10.6. The second kappa shape index (κ2) is 8.99. The average Bonchev–Trinajstić information content (AvgIpc) is 3.21. The lowest BCUT2D eigenvalue weighted by molar-refractivity contribution is 0.0105. The highest BCUT2D eigenvalue weighted by atomic mass is 19.3. The summed E-state index contributed by atoms with van der Waals surface area (Å²) >= 11 is 0. The Morgan fingerprint density at radius 2 is 1.67 bits per heavy atom. The van der Waals surface area contributed by atoms with E-state index in [1.54, 1.807) is 6.07 Å². The molecule has 5 rings (SSSR count). The van der Waals surface area contributed by atoms with Gasteiger partial charge in [-0.2, -0.15) is 4.98 Å². The quantitative estimate of drug-likeness (QED) is 0.564. The van der Waals surface area contributed by atoms with E-state index >= 15 is 0 Å². The van der Waals surface area contributed by atoms with Crippen LogP contribution in [-0.4, -0.2) is 65.1 Å². The number of anilines is 3. The van der Waals surface area contributed by atoms with Crippen molar-refractivity contribution in [2.75, 3.05) is 49.6 Å². The molecule has 11 heteroatoms. The summed E-state index contributed by atoms with van der Waals surface area (Å²) in [7, 11) is 0. The molecule has 0 unspecified atom stereocenters. The standard InChI is InChI=1S/C22H22F4N6O/c23-15-7-16(24)9-19(8-15)32-13-27-22(29-32)28-17-5-14(21(25)26)6-18(10-17)31-11-20(12-31)30-1-3-33-4-2-30/h5-10,13,20-21H,1-4,11-12H2,(H,28,29). The number of ether oxygens (including phenoxy) is 1. The van der Waals surface area contributed by atoms with Gasteiger partial charge in [0.1, 0.15) is 18.0 Å². The van der Waals surface area contributed by atoms with Crippen LogP contribution in [0.1, 0.15) is 12.0 Å². The third-order valence-corrected chi connectivity index (χ3v) is 5.84. The van der Waals surface area contributed by atoms with Crippen molar-refractivity contribution in [1.29, 1.82) is 0 Å². The minimum Gasteiger partial charge on any atom is -0.379 e. The van der Waals surface area contributed by atoms with Crippen molar-refractivity contribution >= 4 is 17.3 Å². The van der Waals surface area contributed by atoms with Crippen molar-refractivity contribution in [1.82, 2.24) is 19.7 Å². The largest absolute Gasteiger partial charge is 0.379 e. The summed E-state index contributed by atoms with van der Waals surface area (Å²) in [4.78, 5) is 8.50. The predicted octanol–water partition coefficient (Wildman–Crippen LogP) is 3.75. The summed E-state index contributed by atoms with van der Waals surface area (Å²) in [5.74, 6) is -1.37. The van der Waals surface area contributed by atoms with E-state index in [1.807, 2.05) is 0 Å². The van der Waals surface area contributed by atoms with Crippen LogP contribution in [0.3, 0.4) is 0 Å². The van der Waals surface area contributed by atoms with E-state index in [1.165, 1.54) is 23.1 Å². The fraction of sp³-hybridized carbons (Fsp3) is 0.364. The van der Waals surface area contributed by atoms with Gasteiger partial charge in [-0.15, -0.1) is 5.10 Å². The molecule has 3 aromatic rings. The molecule has 0 radical (unpaired) electrons. The lowest BCUT2D eigenvalue weighted by atomic mass is 10.0. The van der Waals surface area contributed by atoms with Crippen molar-refractivity contribution in [3.05, 3.63) is 59.9 Å². The topological polar surface area (TPSA) is 58.5 Å². The lowest BCUT2D eigenvalue weighted by Gasteiger charge is -2.47. The number of rotatable bonds is 6. The maximum atomic E-state index is 13.5. The van der Waals surface area contributed by atoms with Crippen LogP contribution >= 0.6 is 0 Å². The molecule has 0 amide bonds. The summed E-state index contributed by atoms with van der Waals surface area (Å²) in [5, 5.41) is 7.08. The zero-order chi connectivity index (χ0) is 22.9. The summed E-state index contributed by atoms with van der Waals surface area (Å²) in [6.07, 6.45) is -1.35. The Hall–Kier alpha value is -3.18. The Morgan fingerprint density at radius 1 is 0.939 bits per heavy atom. The van der Waals surface area contributed by atoms with Crippen LogP contribution in [-0.2, 0) is 4.74 Å². The van der Waals surface area contributed by atoms with Gasteiger partial charge in [-0.05, 0) is 30.3 Å². The Kier molecular flexibility index (Phi) is 5.90. The van der Waals surface area contributed by atoms with Gasteiger partial charge in [0.15, 0.2) is 0 Å². The van der Waals surface area contributed by atoms with Gasteiger partial charge in [0.05, 0.1) is 18.9 Å². The average molecular weight is 462 g/mol. The SMILES string of the molecule is Fc1cc(F)cc(-n2cnc(Nc3cc(C(F)F)cc(N4CC(N5CCOCC5)C4)c3)n2)c1. The fourth-order valence-corrected chi connectivity index (χ4v) is 4.10. The van der Waals surface area contributed by atoms with Gasteiger partial charge in [-0.25, -0.2) is 22.2 Å². The molecule has 0 aliphatic carbocycles. The summed E-state index contributed by atoms with van der Waals surface area (Å²) < 4.78 is 60.7. The predicted molar refractivity (Wildman–Crippen MR) is 114 cm³/mol. The number of morpholine rings is 1. The van der Waals surface area contributed by atoms with E-state index in [2.05, 4.69) is 25.2 Å². The van der Waals surface area contributed by atoms with Gasteiger partial charge in [-0.3, -0.25) is 4.90 Å². The van der Waals surface area contributed by atoms with E-state index in [9.17, 15) is 17.6 Å². The van der Waals surface area contributed by atoms with Crippen LogP contribution in [0, 0.1) is 11.6 Å². The summed E-state index contributed by atoms with van der Waals surface area (Å²) in [6.45, 7) is 4.70. The number of benzene rings is 2. The summed E-state index contributed by atoms with van der Waals surface area (Å²) in [6, 6.07) is 7.98. The van der Waals surface area contributed by atoms with Crippen LogP contribution in [0.4, 0.5) is 34.9 Å². The molecule has 2 aliphatic rings. The first kappa shape index (κ1) is 21.7. The molecule has 33 heavy (non-hydrogen) atoms. The minimum atomic E-state index is -2.64. The second-order valence-electron chi connectivity index (χ2n) is 8.09. The zero-order valence-electron chi connectivity index (χ0n) is 17.6. The number of hydrogen-bond donors (Lipinski definition) is 1. The maximum absolute atomic E-state index is 13.5. The van der Waals surface area contributed by atoms with Gasteiger partial charge in [0.2, 0.25) is 5.95 Å². The molecule has 2 aliphatic heterocycles. The number of nitrogens with zero attached hydrogens (tertiary/aromatic N) is 5. The van der Waals surface area contributed by atoms with Crippen molar-refractivity contribution < 1.29 is 22.3 Å². The molecule has 2 aromatic carbocycles. The highest BCUT2D eigenvalue weighted by molar-refractivity contribution is 5.65. The number of hydrogen-bond acceptors (Lipinski definition) is 6. The Balaban J connectivity index is 1.32. The minimum absolute atomic E-state index is 0.114. The van der Waals surface area contributed by atoms with Crippen LogP contribution < -0.4 is 10.2 Å². The third kappa shape index (κ3) is 4.79. The summed E-state index contributed by atoms with van der Waals surface area (Å²) in [5.41, 5.74) is 1.13. The van der Waals surface area contributed by atoms with E-state index < -0.39 is 18.1 Å². The first-order chi connectivity index (χ1) is 15.9. The van der Waals surface area contributed by atoms with Crippen LogP contribution in [0.25, 0.3) is 5.69 Å². The van der Waals surface area contributed by atoms with Crippen molar-refractivity contribution in [3.63, 3.8) is 0 Å². The van der Waals surface area contributed by atoms with Gasteiger partial charge in [0, 0.05) is 55.2 Å². The van der Waals surface area contributed by atoms with Gasteiger partial charge >= 0.3 is 0 Å². The Morgan fingerprint density at radius 3 is 2.36 bits per heavy atom. The number of halogens is 4. The van der Waals surface area contributed by atoms with Gasteiger partial charge in [-0.1, -0.05) is 0 Å². The zero-order valence-corrected chi connectivity index (χ0v) is 17.6. The number of nitrogens with one attached hydrogen (secondary N) is 1. The van der Waals surface area contributed by atoms with Crippen LogP contribution in [0.2, 0.25) is 0 Å². The molecule has 0 bridgehead atoms. The van der Waals surface area contributed by atoms with Crippen molar-refractivity contribution in [2.24, 2.45) is 0 Å². The van der Waals surface area contributed by atoms with Crippen molar-refractivity contribution in [2.45, 2.75) is 12.5 Å². The molecule has 7 nitrogen and oxygen atoms in total. The molecule has 2 fully saturated rings. The fourth-order valence-electron chi connectivity index (χ4n) is 4.10. The smallest absolute Gasteiger partial charge is 0.263 e. The molecule has 174 valence electrons. The maximum Gasteiger partial charge on any atom is 0.263 e. The van der Waals surface area contributed by atoms with Gasteiger partial charge < -0.3 is 15.0 Å². The van der Waals surface area contributed by atoms with Crippen LogP contribution in [0.5, 0.6) is 0 Å². The van der Waals surface area contributed by atoms with E-state index in [4.69, 9.17) is 4.74 Å². The lowest BCUT2D eigenvalue weighted by Crippen LogP contribution is -2.61. The molecule has 2 saturated heterocycles. The van der Waals surface area contributed by atoms with Crippen LogP contribution in [0.15, 0.2) is 42.7 Å². The molecule has 0 saturated carbocycles. The van der Waals surface area contributed by atoms with E-state index in [0.717, 1.165) is 44.4 Å². The third-order valence-electron chi connectivity index (χ3n) is 5.84. The molecule has 0 spiro atoms. The molecule has 3 heterocycles. The molecule has 1 aromatic heterocycles. The monoisotopic (exact) mass is 462 g/mol. The highest BCUT2D eigenvalue weighted by Gasteiger charge is 2.33. The second-order valence-corrected chi connectivity index (χ2v) is 8.09. The van der Waals surface area contributed by atoms with E-state index in [-0.39, 0.29) is 17.2 Å². The van der Waals surface area contributed by atoms with Crippen molar-refractivity contribution in [3.8, 4) is 5.69 Å². The Labute approximate surface area is 187 Å². The van der Waals surface area contributed by atoms with Gasteiger partial charge in [0.25, 0.3) is 6.43 Å². The molecular formula is C22H22F4N6O. The highest BCUT2D eigenvalue weighted by Crippen LogP contribution is 2.32. The first-order valence-corrected chi connectivity index (χ1v) is 10.6. The molecule has 1 N–H and O–H groups in total. The van der Waals surface area contributed by atoms with E-state index in [0.29, 0.717) is 30.6 Å². The molecule has 0 atom stereocenters. The number of aromatic nitrogens is 3.